The first kappa shape index (κ1) is 11.0. The standard InChI is InChI=1S/C14H15BrN2/c1-8-3-6-11(9(2)7-8)14-12(15)13(16-17-14)10-4-5-10/h3,6-7,10H,4-5H2,1-2H3,(H,16,17). The van der Waals surface area contributed by atoms with Crippen molar-refractivity contribution in [1.29, 1.82) is 0 Å². The topological polar surface area (TPSA) is 28.7 Å². The molecule has 1 aliphatic carbocycles. The zero-order chi connectivity index (χ0) is 12.0. The van der Waals surface area contributed by atoms with Gasteiger partial charge >= 0.3 is 0 Å². The minimum Gasteiger partial charge on any atom is -0.280 e. The van der Waals surface area contributed by atoms with Crippen LogP contribution in [-0.4, -0.2) is 10.2 Å². The first-order valence-corrected chi connectivity index (χ1v) is 6.77. The zero-order valence-corrected chi connectivity index (χ0v) is 11.6. The summed E-state index contributed by atoms with van der Waals surface area (Å²) in [5.74, 6) is 0.691. The Morgan fingerprint density at radius 1 is 1.29 bits per heavy atom. The van der Waals surface area contributed by atoms with Crippen molar-refractivity contribution in [3.05, 3.63) is 39.5 Å². The van der Waals surface area contributed by atoms with Gasteiger partial charge in [-0.2, -0.15) is 5.10 Å². The third-order valence-electron chi connectivity index (χ3n) is 3.36. The molecular weight excluding hydrogens is 276 g/mol. The lowest BCUT2D eigenvalue weighted by Crippen LogP contribution is -1.85. The van der Waals surface area contributed by atoms with E-state index in [4.69, 9.17) is 0 Å². The Kier molecular flexibility index (Phi) is 2.58. The molecule has 2 aromatic rings. The van der Waals surface area contributed by atoms with Crippen LogP contribution >= 0.6 is 15.9 Å². The lowest BCUT2D eigenvalue weighted by Gasteiger charge is -2.04. The van der Waals surface area contributed by atoms with Crippen molar-refractivity contribution in [2.24, 2.45) is 0 Å². The molecule has 0 saturated heterocycles. The number of benzene rings is 1. The van der Waals surface area contributed by atoms with E-state index in [0.29, 0.717) is 5.92 Å². The molecule has 0 unspecified atom stereocenters. The van der Waals surface area contributed by atoms with Crippen molar-refractivity contribution in [2.45, 2.75) is 32.6 Å². The molecule has 1 aromatic carbocycles. The molecule has 0 bridgehead atoms. The molecule has 0 atom stereocenters. The van der Waals surface area contributed by atoms with E-state index in [-0.39, 0.29) is 0 Å². The van der Waals surface area contributed by atoms with Crippen molar-refractivity contribution >= 4 is 15.9 Å². The predicted octanol–water partition coefficient (Wildman–Crippen LogP) is 4.33. The van der Waals surface area contributed by atoms with Gasteiger partial charge in [0.2, 0.25) is 0 Å². The molecule has 1 heterocycles. The molecule has 17 heavy (non-hydrogen) atoms. The summed E-state index contributed by atoms with van der Waals surface area (Å²) in [6.07, 6.45) is 2.57. The fraction of sp³-hybridized carbons (Fsp3) is 0.357. The molecule has 1 N–H and O–H groups in total. The minimum absolute atomic E-state index is 0.691. The van der Waals surface area contributed by atoms with Crippen molar-refractivity contribution in [1.82, 2.24) is 10.2 Å². The summed E-state index contributed by atoms with van der Waals surface area (Å²) in [6, 6.07) is 6.50. The molecule has 3 rings (SSSR count). The summed E-state index contributed by atoms with van der Waals surface area (Å²) in [5.41, 5.74) is 6.09. The zero-order valence-electron chi connectivity index (χ0n) is 10.0. The molecule has 2 nitrogen and oxygen atoms in total. The summed E-state index contributed by atoms with van der Waals surface area (Å²) in [5, 5.41) is 7.65. The molecule has 1 aliphatic rings. The number of halogens is 1. The highest BCUT2D eigenvalue weighted by molar-refractivity contribution is 9.10. The number of H-pyrrole nitrogens is 1. The molecule has 1 fully saturated rings. The molecule has 0 spiro atoms. The largest absolute Gasteiger partial charge is 0.280 e. The second kappa shape index (κ2) is 3.98. The quantitative estimate of drug-likeness (QED) is 0.876. The van der Waals surface area contributed by atoms with Crippen LogP contribution in [0.4, 0.5) is 0 Å². The van der Waals surface area contributed by atoms with Gasteiger partial charge in [-0.25, -0.2) is 0 Å². The lowest BCUT2D eigenvalue weighted by molar-refractivity contribution is 0.963. The molecule has 1 aromatic heterocycles. The van der Waals surface area contributed by atoms with E-state index in [0.717, 1.165) is 10.2 Å². The van der Waals surface area contributed by atoms with Crippen molar-refractivity contribution in [2.75, 3.05) is 0 Å². The third kappa shape index (κ3) is 1.93. The second-order valence-corrected chi connectivity index (χ2v) is 5.69. The van der Waals surface area contributed by atoms with Crippen LogP contribution in [0.2, 0.25) is 0 Å². The van der Waals surface area contributed by atoms with Gasteiger partial charge in [0.25, 0.3) is 0 Å². The Morgan fingerprint density at radius 2 is 2.06 bits per heavy atom. The maximum Gasteiger partial charge on any atom is 0.107 e. The number of hydrogen-bond donors (Lipinski definition) is 1. The number of aromatic nitrogens is 2. The summed E-state index contributed by atoms with van der Waals surface area (Å²) in [6.45, 7) is 4.26. The Labute approximate surface area is 110 Å². The highest BCUT2D eigenvalue weighted by Gasteiger charge is 2.29. The highest BCUT2D eigenvalue weighted by Crippen LogP contribution is 2.44. The van der Waals surface area contributed by atoms with Gasteiger partial charge in [0.15, 0.2) is 0 Å². The van der Waals surface area contributed by atoms with Crippen molar-refractivity contribution in [3.63, 3.8) is 0 Å². The Balaban J connectivity index is 2.08. The number of rotatable bonds is 2. The van der Waals surface area contributed by atoms with E-state index in [1.165, 1.54) is 35.2 Å². The van der Waals surface area contributed by atoms with Crippen LogP contribution in [0.3, 0.4) is 0 Å². The van der Waals surface area contributed by atoms with Gasteiger partial charge in [-0.15, -0.1) is 0 Å². The normalized spacial score (nSPS) is 15.2. The number of nitrogens with one attached hydrogen (secondary N) is 1. The van der Waals surface area contributed by atoms with E-state index in [1.807, 2.05) is 0 Å². The average Bonchev–Trinajstić information content (AvgIpc) is 3.04. The van der Waals surface area contributed by atoms with Gasteiger partial charge in [0.1, 0.15) is 5.69 Å². The van der Waals surface area contributed by atoms with E-state index < -0.39 is 0 Å². The van der Waals surface area contributed by atoms with E-state index >= 15 is 0 Å². The fourth-order valence-electron chi connectivity index (χ4n) is 2.24. The molecule has 0 amide bonds. The molecule has 3 heteroatoms. The smallest absolute Gasteiger partial charge is 0.107 e. The highest BCUT2D eigenvalue weighted by atomic mass is 79.9. The van der Waals surface area contributed by atoms with Crippen LogP contribution in [0, 0.1) is 13.8 Å². The van der Waals surface area contributed by atoms with Crippen molar-refractivity contribution in [3.8, 4) is 11.3 Å². The Hall–Kier alpha value is -1.09. The fourth-order valence-corrected chi connectivity index (χ4v) is 2.96. The van der Waals surface area contributed by atoms with Crippen LogP contribution in [0.25, 0.3) is 11.3 Å². The number of aryl methyl sites for hydroxylation is 2. The van der Waals surface area contributed by atoms with Gasteiger partial charge in [0.05, 0.1) is 10.2 Å². The van der Waals surface area contributed by atoms with E-state index in [2.05, 4.69) is 58.2 Å². The minimum atomic E-state index is 0.691. The van der Waals surface area contributed by atoms with Crippen molar-refractivity contribution < 1.29 is 0 Å². The summed E-state index contributed by atoms with van der Waals surface area (Å²) in [7, 11) is 0. The van der Waals surface area contributed by atoms with E-state index in [1.54, 1.807) is 0 Å². The van der Waals surface area contributed by atoms with Gasteiger partial charge < -0.3 is 0 Å². The second-order valence-electron chi connectivity index (χ2n) is 4.89. The van der Waals surface area contributed by atoms with Crippen LogP contribution in [0.15, 0.2) is 22.7 Å². The van der Waals surface area contributed by atoms with Crippen LogP contribution < -0.4 is 0 Å². The monoisotopic (exact) mass is 290 g/mol. The lowest BCUT2D eigenvalue weighted by atomic mass is 10.0. The van der Waals surface area contributed by atoms with Gasteiger partial charge in [-0.3, -0.25) is 5.10 Å². The average molecular weight is 291 g/mol. The molecule has 1 saturated carbocycles. The molecule has 0 aliphatic heterocycles. The Morgan fingerprint density at radius 3 is 2.71 bits per heavy atom. The molecule has 88 valence electrons. The summed E-state index contributed by atoms with van der Waals surface area (Å²) in [4.78, 5) is 0. The van der Waals surface area contributed by atoms with E-state index in [9.17, 15) is 0 Å². The maximum atomic E-state index is 4.47. The van der Waals surface area contributed by atoms with Gasteiger partial charge in [-0.05, 0) is 48.2 Å². The first-order valence-electron chi connectivity index (χ1n) is 5.98. The SMILES string of the molecule is Cc1ccc(-c2n[nH]c(C3CC3)c2Br)c(C)c1. The molecule has 0 radical (unpaired) electrons. The molecular formula is C14H15BrN2. The van der Waals surface area contributed by atoms with Crippen LogP contribution in [0.5, 0.6) is 0 Å². The summed E-state index contributed by atoms with van der Waals surface area (Å²) >= 11 is 3.69. The Bertz CT molecular complexity index is 568. The first-order chi connectivity index (χ1) is 8.16. The number of nitrogens with zero attached hydrogens (tertiary/aromatic N) is 1. The number of aromatic amines is 1. The predicted molar refractivity (Wildman–Crippen MR) is 73.2 cm³/mol. The van der Waals surface area contributed by atoms with Gasteiger partial charge in [0, 0.05) is 11.5 Å². The van der Waals surface area contributed by atoms with Gasteiger partial charge in [-0.1, -0.05) is 23.8 Å². The number of hydrogen-bond acceptors (Lipinski definition) is 1. The van der Waals surface area contributed by atoms with Crippen LogP contribution in [0.1, 0.15) is 35.6 Å². The summed E-state index contributed by atoms with van der Waals surface area (Å²) < 4.78 is 1.15. The van der Waals surface area contributed by atoms with Crippen LogP contribution in [-0.2, 0) is 0 Å². The maximum absolute atomic E-state index is 4.47. The third-order valence-corrected chi connectivity index (χ3v) is 4.16.